The van der Waals surface area contributed by atoms with E-state index in [1.165, 1.54) is 5.56 Å². The Labute approximate surface area is 161 Å². The first-order valence-corrected chi connectivity index (χ1v) is 9.62. The molecular formula is C22H27N3O2. The lowest BCUT2D eigenvalue weighted by molar-refractivity contribution is 0.0773. The van der Waals surface area contributed by atoms with E-state index in [4.69, 9.17) is 0 Å². The third-order valence-corrected chi connectivity index (χ3v) is 5.16. The number of likely N-dealkylation sites (tertiary alicyclic amines) is 1. The number of hydrogen-bond donors (Lipinski definition) is 1. The molecule has 1 fully saturated rings. The van der Waals surface area contributed by atoms with E-state index < -0.39 is 0 Å². The molecule has 2 aromatic carbocycles. The van der Waals surface area contributed by atoms with Gasteiger partial charge in [0.25, 0.3) is 5.91 Å². The van der Waals surface area contributed by atoms with E-state index in [1.807, 2.05) is 49.1 Å². The van der Waals surface area contributed by atoms with E-state index in [1.54, 1.807) is 17.0 Å². The lowest BCUT2D eigenvalue weighted by atomic mass is 9.99. The van der Waals surface area contributed by atoms with Crippen LogP contribution in [0.1, 0.15) is 42.1 Å². The Balaban J connectivity index is 1.63. The monoisotopic (exact) mass is 365 g/mol. The summed E-state index contributed by atoms with van der Waals surface area (Å²) in [6.45, 7) is 6.71. The van der Waals surface area contributed by atoms with Gasteiger partial charge in [0.15, 0.2) is 0 Å². The minimum absolute atomic E-state index is 0.0126. The van der Waals surface area contributed by atoms with Crippen LogP contribution in [-0.2, 0) is 0 Å². The largest absolute Gasteiger partial charge is 0.339 e. The number of carbonyl (C=O) groups excluding carboxylic acids is 2. The summed E-state index contributed by atoms with van der Waals surface area (Å²) in [7, 11) is 0. The average Bonchev–Trinajstić information content (AvgIpc) is 3.20. The number of carbonyl (C=O) groups is 2. The Kier molecular flexibility index (Phi) is 6.12. The Hall–Kier alpha value is -2.82. The second kappa shape index (κ2) is 8.71. The molecule has 0 bridgehead atoms. The molecule has 142 valence electrons. The molecule has 1 N–H and O–H groups in total. The van der Waals surface area contributed by atoms with Crippen molar-refractivity contribution in [2.24, 2.45) is 0 Å². The van der Waals surface area contributed by atoms with Gasteiger partial charge in [0.2, 0.25) is 0 Å². The van der Waals surface area contributed by atoms with Crippen LogP contribution in [0.5, 0.6) is 0 Å². The number of benzene rings is 2. The summed E-state index contributed by atoms with van der Waals surface area (Å²) in [6, 6.07) is 17.4. The van der Waals surface area contributed by atoms with Crippen LogP contribution in [0.15, 0.2) is 54.6 Å². The molecule has 0 saturated carbocycles. The molecule has 1 heterocycles. The van der Waals surface area contributed by atoms with Gasteiger partial charge >= 0.3 is 6.03 Å². The van der Waals surface area contributed by atoms with Crippen LogP contribution in [0, 0.1) is 0 Å². The Bertz CT molecular complexity index is 787. The highest BCUT2D eigenvalue weighted by atomic mass is 16.2. The Morgan fingerprint density at radius 2 is 1.81 bits per heavy atom. The molecule has 1 saturated heterocycles. The van der Waals surface area contributed by atoms with Crippen LogP contribution in [-0.4, -0.2) is 47.9 Å². The van der Waals surface area contributed by atoms with E-state index >= 15 is 0 Å². The van der Waals surface area contributed by atoms with Crippen molar-refractivity contribution in [3.63, 3.8) is 0 Å². The zero-order valence-corrected chi connectivity index (χ0v) is 16.0. The van der Waals surface area contributed by atoms with Crippen molar-refractivity contribution >= 4 is 17.6 Å². The number of anilines is 1. The second-order valence-corrected chi connectivity index (χ2v) is 6.83. The van der Waals surface area contributed by atoms with Crippen LogP contribution in [0.25, 0.3) is 0 Å². The fourth-order valence-electron chi connectivity index (χ4n) is 3.57. The summed E-state index contributed by atoms with van der Waals surface area (Å²) < 4.78 is 0. The summed E-state index contributed by atoms with van der Waals surface area (Å²) in [4.78, 5) is 28.8. The highest BCUT2D eigenvalue weighted by Gasteiger charge is 2.27. The normalized spacial score (nSPS) is 16.2. The molecule has 5 nitrogen and oxygen atoms in total. The zero-order valence-electron chi connectivity index (χ0n) is 16.0. The minimum Gasteiger partial charge on any atom is -0.339 e. The number of urea groups is 1. The summed E-state index contributed by atoms with van der Waals surface area (Å²) in [5.41, 5.74) is 2.53. The lowest BCUT2D eigenvalue weighted by Crippen LogP contribution is -2.33. The van der Waals surface area contributed by atoms with Crippen LogP contribution in [0.2, 0.25) is 0 Å². The van der Waals surface area contributed by atoms with Gasteiger partial charge < -0.3 is 15.1 Å². The Morgan fingerprint density at radius 3 is 2.52 bits per heavy atom. The Morgan fingerprint density at radius 1 is 1.07 bits per heavy atom. The first-order valence-electron chi connectivity index (χ1n) is 9.62. The van der Waals surface area contributed by atoms with Gasteiger partial charge in [-0.15, -0.1) is 0 Å². The van der Waals surface area contributed by atoms with Gasteiger partial charge in [0.05, 0.1) is 0 Å². The van der Waals surface area contributed by atoms with E-state index in [0.29, 0.717) is 36.8 Å². The molecule has 1 atom stereocenters. The molecule has 5 heteroatoms. The summed E-state index contributed by atoms with van der Waals surface area (Å²) in [6.07, 6.45) is 0.970. The minimum atomic E-state index is -0.110. The second-order valence-electron chi connectivity index (χ2n) is 6.83. The first-order chi connectivity index (χ1) is 13.1. The lowest BCUT2D eigenvalue weighted by Gasteiger charge is -2.20. The van der Waals surface area contributed by atoms with Gasteiger partial charge in [0.1, 0.15) is 0 Å². The molecule has 1 aliphatic heterocycles. The fourth-order valence-corrected chi connectivity index (χ4v) is 3.57. The van der Waals surface area contributed by atoms with Gasteiger partial charge in [0, 0.05) is 43.3 Å². The summed E-state index contributed by atoms with van der Waals surface area (Å²) in [5.74, 6) is 0.369. The number of nitrogens with one attached hydrogen (secondary N) is 1. The highest BCUT2D eigenvalue weighted by Crippen LogP contribution is 2.27. The fraction of sp³-hybridized carbons (Fsp3) is 0.364. The zero-order chi connectivity index (χ0) is 19.2. The predicted molar refractivity (Wildman–Crippen MR) is 108 cm³/mol. The molecule has 0 spiro atoms. The van der Waals surface area contributed by atoms with Crippen LogP contribution >= 0.6 is 0 Å². The standard InChI is InChI=1S/C22H27N3O2/c1-3-24(4-2)21(26)18-11-8-12-20(15-18)23-22(27)25-14-13-19(16-25)17-9-6-5-7-10-17/h5-12,15,19H,3-4,13-14,16H2,1-2H3,(H,23,27). The van der Waals surface area contributed by atoms with Gasteiger partial charge in [-0.3, -0.25) is 4.79 Å². The number of rotatable bonds is 5. The van der Waals surface area contributed by atoms with Crippen molar-refractivity contribution in [3.8, 4) is 0 Å². The van der Waals surface area contributed by atoms with Crippen molar-refractivity contribution in [3.05, 3.63) is 65.7 Å². The molecule has 2 aromatic rings. The summed E-state index contributed by atoms with van der Waals surface area (Å²) >= 11 is 0. The maximum Gasteiger partial charge on any atom is 0.321 e. The van der Waals surface area contributed by atoms with Crippen molar-refractivity contribution in [1.82, 2.24) is 9.80 Å². The molecule has 27 heavy (non-hydrogen) atoms. The molecule has 0 aromatic heterocycles. The van der Waals surface area contributed by atoms with Gasteiger partial charge in [-0.2, -0.15) is 0 Å². The van der Waals surface area contributed by atoms with Gasteiger partial charge in [-0.1, -0.05) is 36.4 Å². The van der Waals surface area contributed by atoms with Gasteiger partial charge in [-0.05, 0) is 44.0 Å². The number of hydrogen-bond acceptors (Lipinski definition) is 2. The number of amides is 3. The molecule has 0 radical (unpaired) electrons. The molecule has 3 amide bonds. The number of nitrogens with zero attached hydrogens (tertiary/aromatic N) is 2. The smallest absolute Gasteiger partial charge is 0.321 e. The maximum absolute atomic E-state index is 12.6. The third kappa shape index (κ3) is 4.48. The van der Waals surface area contributed by atoms with Crippen LogP contribution in [0.3, 0.4) is 0 Å². The van der Waals surface area contributed by atoms with Crippen LogP contribution < -0.4 is 5.32 Å². The van der Waals surface area contributed by atoms with E-state index in [0.717, 1.165) is 13.0 Å². The SMILES string of the molecule is CCN(CC)C(=O)c1cccc(NC(=O)N2CCC(c3ccccc3)C2)c1. The van der Waals surface area contributed by atoms with Crippen molar-refractivity contribution in [2.45, 2.75) is 26.2 Å². The molecule has 0 aliphatic carbocycles. The van der Waals surface area contributed by atoms with E-state index in [-0.39, 0.29) is 11.9 Å². The molecule has 3 rings (SSSR count). The van der Waals surface area contributed by atoms with E-state index in [2.05, 4.69) is 17.4 Å². The first kappa shape index (κ1) is 19.0. The summed E-state index contributed by atoms with van der Waals surface area (Å²) in [5, 5.41) is 2.94. The van der Waals surface area contributed by atoms with Gasteiger partial charge in [-0.25, -0.2) is 4.79 Å². The topological polar surface area (TPSA) is 52.7 Å². The predicted octanol–water partition coefficient (Wildman–Crippen LogP) is 4.19. The van der Waals surface area contributed by atoms with Crippen molar-refractivity contribution < 1.29 is 9.59 Å². The highest BCUT2D eigenvalue weighted by molar-refractivity contribution is 5.97. The third-order valence-electron chi connectivity index (χ3n) is 5.16. The van der Waals surface area contributed by atoms with E-state index in [9.17, 15) is 9.59 Å². The van der Waals surface area contributed by atoms with Crippen LogP contribution in [0.4, 0.5) is 10.5 Å². The van der Waals surface area contributed by atoms with Crippen molar-refractivity contribution in [1.29, 1.82) is 0 Å². The average molecular weight is 365 g/mol. The molecule has 1 unspecified atom stereocenters. The maximum atomic E-state index is 12.6. The molecular weight excluding hydrogens is 338 g/mol. The molecule has 1 aliphatic rings. The van der Waals surface area contributed by atoms with Crippen molar-refractivity contribution in [2.75, 3.05) is 31.5 Å². The quantitative estimate of drug-likeness (QED) is 0.864.